The number of anilines is 1. The van der Waals surface area contributed by atoms with Gasteiger partial charge in [0.25, 0.3) is 11.5 Å². The van der Waals surface area contributed by atoms with Crippen molar-refractivity contribution in [1.29, 1.82) is 0 Å². The third-order valence-corrected chi connectivity index (χ3v) is 6.47. The molecule has 0 aliphatic rings. The molecule has 2 heterocycles. The first-order valence-corrected chi connectivity index (χ1v) is 12.7. The molecule has 0 fully saturated rings. The summed E-state index contributed by atoms with van der Waals surface area (Å²) in [5.41, 5.74) is 0.349. The molecule has 0 spiro atoms. The summed E-state index contributed by atoms with van der Waals surface area (Å²) in [6.45, 7) is 0. The standard InChI is InChI=1S/C26H19F2N5O4S/c1-32-14-29-21-10-8-17(11-19(21)26(32)35)37-18-7-9-20(28)22(12-18)30-25(34)23-13-24(38(2)36)33(31-23)16-5-3-15(27)4-6-16/h3-14H,1-2H3,(H,30,34). The molecular weight excluding hydrogens is 516 g/mol. The molecule has 0 bridgehead atoms. The van der Waals surface area contributed by atoms with Gasteiger partial charge in [-0.05, 0) is 54.6 Å². The summed E-state index contributed by atoms with van der Waals surface area (Å²) in [5, 5.41) is 7.19. The molecule has 9 nitrogen and oxygen atoms in total. The van der Waals surface area contributed by atoms with Crippen molar-refractivity contribution in [3.63, 3.8) is 0 Å². The molecule has 0 saturated heterocycles. The maximum absolute atomic E-state index is 14.6. The average Bonchev–Trinajstić information content (AvgIpc) is 3.35. The Kier molecular flexibility index (Phi) is 6.55. The van der Waals surface area contributed by atoms with Gasteiger partial charge >= 0.3 is 0 Å². The smallest absolute Gasteiger partial charge is 0.276 e. The Labute approximate surface area is 216 Å². The number of nitrogens with zero attached hydrogens (tertiary/aromatic N) is 4. The molecular formula is C26H19F2N5O4S. The van der Waals surface area contributed by atoms with Gasteiger partial charge in [0.05, 0.1) is 39.4 Å². The van der Waals surface area contributed by atoms with E-state index in [1.54, 1.807) is 19.2 Å². The van der Waals surface area contributed by atoms with Crippen LogP contribution in [-0.2, 0) is 17.8 Å². The zero-order chi connectivity index (χ0) is 27.0. The highest BCUT2D eigenvalue weighted by Crippen LogP contribution is 2.28. The van der Waals surface area contributed by atoms with Crippen molar-refractivity contribution in [2.24, 2.45) is 7.05 Å². The first kappa shape index (κ1) is 25.0. The number of halogens is 2. The van der Waals surface area contributed by atoms with Crippen LogP contribution in [0.3, 0.4) is 0 Å². The Balaban J connectivity index is 1.41. The highest BCUT2D eigenvalue weighted by molar-refractivity contribution is 7.84. The molecule has 1 amide bonds. The van der Waals surface area contributed by atoms with Gasteiger partial charge in [0.1, 0.15) is 28.2 Å². The Morgan fingerprint density at radius 2 is 1.71 bits per heavy atom. The zero-order valence-corrected chi connectivity index (χ0v) is 20.8. The molecule has 38 heavy (non-hydrogen) atoms. The van der Waals surface area contributed by atoms with Crippen LogP contribution in [-0.4, -0.2) is 35.7 Å². The Morgan fingerprint density at radius 1 is 1.00 bits per heavy atom. The largest absolute Gasteiger partial charge is 0.457 e. The van der Waals surface area contributed by atoms with E-state index in [4.69, 9.17) is 4.74 Å². The van der Waals surface area contributed by atoms with Crippen molar-refractivity contribution in [1.82, 2.24) is 19.3 Å². The van der Waals surface area contributed by atoms with Gasteiger partial charge in [0, 0.05) is 25.4 Å². The molecule has 1 unspecified atom stereocenters. The van der Waals surface area contributed by atoms with Crippen LogP contribution in [0.15, 0.2) is 82.9 Å². The van der Waals surface area contributed by atoms with Crippen molar-refractivity contribution < 1.29 is 22.5 Å². The summed E-state index contributed by atoms with van der Waals surface area (Å²) in [5.74, 6) is -1.42. The fourth-order valence-electron chi connectivity index (χ4n) is 3.69. The lowest BCUT2D eigenvalue weighted by Crippen LogP contribution is -2.16. The number of carbonyl (C=O) groups excluding carboxylic acids is 1. The molecule has 1 atom stereocenters. The van der Waals surface area contributed by atoms with Crippen LogP contribution >= 0.6 is 0 Å². The van der Waals surface area contributed by atoms with Gasteiger partial charge in [0.15, 0.2) is 5.69 Å². The molecule has 5 rings (SSSR count). The quantitative estimate of drug-likeness (QED) is 0.350. The van der Waals surface area contributed by atoms with E-state index in [2.05, 4.69) is 15.4 Å². The fraction of sp³-hybridized carbons (Fsp3) is 0.0769. The van der Waals surface area contributed by atoms with Crippen molar-refractivity contribution in [3.05, 3.63) is 101 Å². The second-order valence-corrected chi connectivity index (χ2v) is 9.57. The van der Waals surface area contributed by atoms with Gasteiger partial charge in [-0.15, -0.1) is 0 Å². The number of amides is 1. The van der Waals surface area contributed by atoms with Gasteiger partial charge in [0.2, 0.25) is 0 Å². The summed E-state index contributed by atoms with van der Waals surface area (Å²) in [6, 6.07) is 15.2. The lowest BCUT2D eigenvalue weighted by Gasteiger charge is -2.10. The summed E-state index contributed by atoms with van der Waals surface area (Å²) in [7, 11) is 0.0561. The monoisotopic (exact) mass is 535 g/mol. The molecule has 0 aliphatic heterocycles. The molecule has 12 heteroatoms. The number of fused-ring (bicyclic) bond motifs is 1. The van der Waals surface area contributed by atoms with Crippen molar-refractivity contribution in [3.8, 4) is 17.2 Å². The second-order valence-electron chi connectivity index (χ2n) is 8.25. The van der Waals surface area contributed by atoms with E-state index in [1.165, 1.54) is 70.4 Å². The Bertz CT molecular complexity index is 1780. The molecule has 1 N–H and O–H groups in total. The van der Waals surface area contributed by atoms with E-state index in [9.17, 15) is 22.6 Å². The van der Waals surface area contributed by atoms with Gasteiger partial charge in [-0.1, -0.05) is 0 Å². The predicted molar refractivity (Wildman–Crippen MR) is 137 cm³/mol. The summed E-state index contributed by atoms with van der Waals surface area (Å²) in [4.78, 5) is 29.5. The van der Waals surface area contributed by atoms with Crippen molar-refractivity contribution in [2.75, 3.05) is 11.6 Å². The van der Waals surface area contributed by atoms with Crippen LogP contribution in [0.1, 0.15) is 10.5 Å². The third kappa shape index (κ3) is 4.93. The molecule has 192 valence electrons. The number of hydrogen-bond donors (Lipinski definition) is 1. The molecule has 2 aromatic heterocycles. The average molecular weight is 536 g/mol. The summed E-state index contributed by atoms with van der Waals surface area (Å²) < 4.78 is 48.5. The SMILES string of the molecule is Cn1cnc2ccc(Oc3ccc(F)c(NC(=O)c4cc(S(C)=O)n(-c5ccc(F)cc5)n4)c3)cc2c1=O. The molecule has 0 aliphatic carbocycles. The predicted octanol–water partition coefficient (Wildman–Crippen LogP) is 4.18. The van der Waals surface area contributed by atoms with Crippen LogP contribution in [0.4, 0.5) is 14.5 Å². The Hall–Kier alpha value is -4.71. The molecule has 0 saturated carbocycles. The van der Waals surface area contributed by atoms with E-state index in [-0.39, 0.29) is 27.7 Å². The number of aromatic nitrogens is 4. The summed E-state index contributed by atoms with van der Waals surface area (Å²) >= 11 is 0. The number of carbonyl (C=O) groups is 1. The Morgan fingerprint density at radius 3 is 2.45 bits per heavy atom. The van der Waals surface area contributed by atoms with Gasteiger partial charge < -0.3 is 14.6 Å². The van der Waals surface area contributed by atoms with Crippen LogP contribution in [0.25, 0.3) is 16.6 Å². The fourth-order valence-corrected chi connectivity index (χ4v) is 4.35. The van der Waals surface area contributed by atoms with E-state index >= 15 is 0 Å². The maximum Gasteiger partial charge on any atom is 0.276 e. The van der Waals surface area contributed by atoms with Crippen LogP contribution < -0.4 is 15.6 Å². The number of nitrogens with one attached hydrogen (secondary N) is 1. The van der Waals surface area contributed by atoms with Gasteiger partial charge in [-0.2, -0.15) is 5.10 Å². The number of aryl methyl sites for hydroxylation is 1. The van der Waals surface area contributed by atoms with Crippen molar-refractivity contribution >= 4 is 33.3 Å². The normalized spacial score (nSPS) is 11.9. The molecule has 3 aromatic carbocycles. The lowest BCUT2D eigenvalue weighted by molar-refractivity contribution is 0.102. The minimum absolute atomic E-state index is 0.122. The maximum atomic E-state index is 14.6. The van der Waals surface area contributed by atoms with Crippen molar-refractivity contribution in [2.45, 2.75) is 5.03 Å². The van der Waals surface area contributed by atoms with Crippen LogP contribution in [0, 0.1) is 11.6 Å². The number of hydrogen-bond acceptors (Lipinski definition) is 6. The van der Waals surface area contributed by atoms with E-state index in [0.29, 0.717) is 22.3 Å². The van der Waals surface area contributed by atoms with Crippen LogP contribution in [0.5, 0.6) is 11.5 Å². The van der Waals surface area contributed by atoms with E-state index < -0.39 is 28.3 Å². The second kappa shape index (κ2) is 9.98. The third-order valence-electron chi connectivity index (χ3n) is 5.59. The van der Waals surface area contributed by atoms with Gasteiger partial charge in [-0.3, -0.25) is 13.8 Å². The number of benzene rings is 3. The highest BCUT2D eigenvalue weighted by atomic mass is 32.2. The number of rotatable bonds is 6. The summed E-state index contributed by atoms with van der Waals surface area (Å²) in [6.07, 6.45) is 2.84. The topological polar surface area (TPSA) is 108 Å². The zero-order valence-electron chi connectivity index (χ0n) is 20.0. The minimum Gasteiger partial charge on any atom is -0.457 e. The van der Waals surface area contributed by atoms with E-state index in [1.807, 2.05) is 0 Å². The van der Waals surface area contributed by atoms with E-state index in [0.717, 1.165) is 6.07 Å². The first-order valence-electron chi connectivity index (χ1n) is 11.1. The number of ether oxygens (including phenoxy) is 1. The lowest BCUT2D eigenvalue weighted by atomic mass is 10.2. The van der Waals surface area contributed by atoms with Gasteiger partial charge in [-0.25, -0.2) is 18.4 Å². The molecule has 5 aromatic rings. The minimum atomic E-state index is -1.53. The van der Waals surface area contributed by atoms with Crippen LogP contribution in [0.2, 0.25) is 0 Å². The molecule has 0 radical (unpaired) electrons. The first-order chi connectivity index (χ1) is 18.2. The highest BCUT2D eigenvalue weighted by Gasteiger charge is 2.19.